The highest BCUT2D eigenvalue weighted by atomic mass is 16.6. The topological polar surface area (TPSA) is 78.8 Å². The second-order valence-corrected chi connectivity index (χ2v) is 7.88. The van der Waals surface area contributed by atoms with Crippen LogP contribution in [0.3, 0.4) is 0 Å². The van der Waals surface area contributed by atoms with Crippen LogP contribution in [0.4, 0.5) is 4.79 Å². The number of carbonyl (C=O) groups excluding carboxylic acids is 1. The first-order valence-corrected chi connectivity index (χ1v) is 10.3. The summed E-state index contributed by atoms with van der Waals surface area (Å²) >= 11 is 0. The molecule has 162 valence electrons. The summed E-state index contributed by atoms with van der Waals surface area (Å²) in [6.07, 6.45) is 2.75. The van der Waals surface area contributed by atoms with E-state index in [-0.39, 0.29) is 23.4 Å². The van der Waals surface area contributed by atoms with Crippen molar-refractivity contribution in [3.8, 4) is 17.2 Å². The molecule has 1 aromatic heterocycles. The number of rotatable bonds is 5. The highest BCUT2D eigenvalue weighted by Gasteiger charge is 2.25. The third-order valence-corrected chi connectivity index (χ3v) is 5.69. The minimum absolute atomic E-state index is 0.0967. The van der Waals surface area contributed by atoms with Crippen molar-refractivity contribution in [2.75, 3.05) is 14.2 Å². The number of aryl methyl sites for hydroxylation is 1. The molecule has 31 heavy (non-hydrogen) atoms. The molecule has 4 rings (SSSR count). The molecule has 0 fully saturated rings. The molecule has 3 aromatic rings. The van der Waals surface area contributed by atoms with Gasteiger partial charge in [0.2, 0.25) is 0 Å². The number of amides is 1. The summed E-state index contributed by atoms with van der Waals surface area (Å²) in [7, 11) is 3.03. The van der Waals surface area contributed by atoms with Crippen LogP contribution in [0.1, 0.15) is 43.5 Å². The number of carbonyl (C=O) groups is 1. The SMILES string of the molecule is COc1cc2c(OC(=O)NC3CCc4ccccc43)cn(C(C)C)c(=O)c2cc1OC. The van der Waals surface area contributed by atoms with Gasteiger partial charge in [0.25, 0.3) is 5.56 Å². The molecule has 1 atom stereocenters. The van der Waals surface area contributed by atoms with Crippen LogP contribution < -0.4 is 25.1 Å². The van der Waals surface area contributed by atoms with Gasteiger partial charge in [-0.1, -0.05) is 24.3 Å². The van der Waals surface area contributed by atoms with Crippen LogP contribution in [-0.4, -0.2) is 24.9 Å². The standard InChI is InChI=1S/C24H26N2O5/c1-14(2)26-13-22(17-11-20(29-3)21(30-4)12-18(17)23(26)27)31-24(28)25-19-10-9-15-7-5-6-8-16(15)19/h5-8,11-14,19H,9-10H2,1-4H3,(H,25,28). The monoisotopic (exact) mass is 422 g/mol. The molecule has 0 aliphatic heterocycles. The van der Waals surface area contributed by atoms with E-state index in [1.165, 1.54) is 19.8 Å². The molecule has 0 saturated heterocycles. The van der Waals surface area contributed by atoms with Gasteiger partial charge in [-0.05, 0) is 49.9 Å². The lowest BCUT2D eigenvalue weighted by atomic mass is 10.1. The van der Waals surface area contributed by atoms with Gasteiger partial charge in [0.05, 0.1) is 31.8 Å². The molecular formula is C24H26N2O5. The van der Waals surface area contributed by atoms with Gasteiger partial charge in [-0.2, -0.15) is 0 Å². The number of nitrogens with zero attached hydrogens (tertiary/aromatic N) is 1. The van der Waals surface area contributed by atoms with Crippen molar-refractivity contribution in [2.24, 2.45) is 0 Å². The largest absolute Gasteiger partial charge is 0.493 e. The number of aromatic nitrogens is 1. The van der Waals surface area contributed by atoms with Crippen LogP contribution in [0.2, 0.25) is 0 Å². The summed E-state index contributed by atoms with van der Waals surface area (Å²) in [6.45, 7) is 3.79. The van der Waals surface area contributed by atoms with Crippen molar-refractivity contribution in [2.45, 2.75) is 38.8 Å². The van der Waals surface area contributed by atoms with E-state index in [1.807, 2.05) is 32.0 Å². The predicted molar refractivity (Wildman–Crippen MR) is 118 cm³/mol. The Balaban J connectivity index is 1.71. The van der Waals surface area contributed by atoms with Gasteiger partial charge in [-0.15, -0.1) is 0 Å². The lowest BCUT2D eigenvalue weighted by Crippen LogP contribution is -2.31. The van der Waals surface area contributed by atoms with Crippen LogP contribution in [0.15, 0.2) is 47.4 Å². The van der Waals surface area contributed by atoms with Crippen molar-refractivity contribution < 1.29 is 19.0 Å². The third kappa shape index (κ3) is 3.83. The molecule has 1 aliphatic carbocycles. The Morgan fingerprint density at radius 2 is 1.74 bits per heavy atom. The maximum absolute atomic E-state index is 13.0. The number of methoxy groups -OCH3 is 2. The van der Waals surface area contributed by atoms with Crippen LogP contribution in [-0.2, 0) is 6.42 Å². The minimum Gasteiger partial charge on any atom is -0.493 e. The van der Waals surface area contributed by atoms with E-state index in [0.29, 0.717) is 22.3 Å². The second kappa shape index (κ2) is 8.34. The molecule has 0 radical (unpaired) electrons. The smallest absolute Gasteiger partial charge is 0.413 e. The van der Waals surface area contributed by atoms with E-state index in [9.17, 15) is 9.59 Å². The summed E-state index contributed by atoms with van der Waals surface area (Å²) in [5.74, 6) is 1.17. The zero-order valence-corrected chi connectivity index (χ0v) is 18.1. The molecule has 1 N–H and O–H groups in total. The molecule has 0 bridgehead atoms. The summed E-state index contributed by atoms with van der Waals surface area (Å²) in [4.78, 5) is 25.8. The molecule has 7 nitrogen and oxygen atoms in total. The molecule has 7 heteroatoms. The number of hydrogen-bond donors (Lipinski definition) is 1. The summed E-state index contributed by atoms with van der Waals surface area (Å²) in [5.41, 5.74) is 2.16. The molecule has 1 amide bonds. The number of hydrogen-bond acceptors (Lipinski definition) is 5. The lowest BCUT2D eigenvalue weighted by Gasteiger charge is -2.18. The number of ether oxygens (including phenoxy) is 3. The Labute approximate surface area is 180 Å². The second-order valence-electron chi connectivity index (χ2n) is 7.88. The van der Waals surface area contributed by atoms with Crippen molar-refractivity contribution in [3.05, 3.63) is 64.1 Å². The van der Waals surface area contributed by atoms with E-state index < -0.39 is 6.09 Å². The van der Waals surface area contributed by atoms with E-state index in [0.717, 1.165) is 18.4 Å². The Bertz CT molecular complexity index is 1200. The van der Waals surface area contributed by atoms with Gasteiger partial charge < -0.3 is 24.1 Å². The van der Waals surface area contributed by atoms with E-state index >= 15 is 0 Å². The number of nitrogens with one attached hydrogen (secondary N) is 1. The first kappa shape index (κ1) is 20.8. The molecule has 1 heterocycles. The highest BCUT2D eigenvalue weighted by Crippen LogP contribution is 2.36. The molecule has 1 unspecified atom stereocenters. The average Bonchev–Trinajstić information content (AvgIpc) is 3.17. The number of fused-ring (bicyclic) bond motifs is 2. The number of pyridine rings is 1. The van der Waals surface area contributed by atoms with Crippen LogP contribution in [0.25, 0.3) is 10.8 Å². The van der Waals surface area contributed by atoms with Crippen LogP contribution in [0.5, 0.6) is 17.2 Å². The van der Waals surface area contributed by atoms with Crippen molar-refractivity contribution in [1.82, 2.24) is 9.88 Å². The van der Waals surface area contributed by atoms with Crippen molar-refractivity contribution in [3.63, 3.8) is 0 Å². The summed E-state index contributed by atoms with van der Waals surface area (Å²) in [6, 6.07) is 11.1. The third-order valence-electron chi connectivity index (χ3n) is 5.69. The summed E-state index contributed by atoms with van der Waals surface area (Å²) in [5, 5.41) is 3.84. The van der Waals surface area contributed by atoms with Gasteiger partial charge in [-0.3, -0.25) is 4.79 Å². The fourth-order valence-electron chi connectivity index (χ4n) is 4.10. The predicted octanol–water partition coefficient (Wildman–Crippen LogP) is 4.38. The van der Waals surface area contributed by atoms with E-state index in [2.05, 4.69) is 11.4 Å². The molecule has 0 spiro atoms. The normalized spacial score (nSPS) is 15.1. The van der Waals surface area contributed by atoms with Gasteiger partial charge in [0.1, 0.15) is 0 Å². The average molecular weight is 422 g/mol. The molecular weight excluding hydrogens is 396 g/mol. The zero-order valence-electron chi connectivity index (χ0n) is 18.1. The van der Waals surface area contributed by atoms with E-state index in [4.69, 9.17) is 14.2 Å². The molecule has 2 aromatic carbocycles. The van der Waals surface area contributed by atoms with Crippen molar-refractivity contribution in [1.29, 1.82) is 0 Å². The molecule has 1 aliphatic rings. The highest BCUT2D eigenvalue weighted by molar-refractivity contribution is 5.92. The lowest BCUT2D eigenvalue weighted by molar-refractivity contribution is 0.196. The Morgan fingerprint density at radius 3 is 2.42 bits per heavy atom. The number of benzene rings is 2. The van der Waals surface area contributed by atoms with Crippen molar-refractivity contribution >= 4 is 16.9 Å². The van der Waals surface area contributed by atoms with Crippen LogP contribution >= 0.6 is 0 Å². The molecule has 0 saturated carbocycles. The Hall–Kier alpha value is -3.48. The summed E-state index contributed by atoms with van der Waals surface area (Å²) < 4.78 is 18.0. The fourth-order valence-corrected chi connectivity index (χ4v) is 4.10. The first-order valence-electron chi connectivity index (χ1n) is 10.3. The van der Waals surface area contributed by atoms with Gasteiger partial charge in [-0.25, -0.2) is 4.79 Å². The Kier molecular flexibility index (Phi) is 5.59. The quantitative estimate of drug-likeness (QED) is 0.660. The fraction of sp³-hybridized carbons (Fsp3) is 0.333. The first-order chi connectivity index (χ1) is 14.9. The van der Waals surface area contributed by atoms with Gasteiger partial charge >= 0.3 is 6.09 Å². The van der Waals surface area contributed by atoms with Crippen LogP contribution in [0, 0.1) is 0 Å². The maximum atomic E-state index is 13.0. The maximum Gasteiger partial charge on any atom is 0.413 e. The van der Waals surface area contributed by atoms with Gasteiger partial charge in [0, 0.05) is 11.4 Å². The Morgan fingerprint density at radius 1 is 1.06 bits per heavy atom. The van der Waals surface area contributed by atoms with E-state index in [1.54, 1.807) is 22.9 Å². The minimum atomic E-state index is -0.563. The zero-order chi connectivity index (χ0) is 22.1. The van der Waals surface area contributed by atoms with Gasteiger partial charge in [0.15, 0.2) is 17.2 Å².